The predicted octanol–water partition coefficient (Wildman–Crippen LogP) is 1.84. The van der Waals surface area contributed by atoms with Crippen LogP contribution < -0.4 is 5.73 Å². The summed E-state index contributed by atoms with van der Waals surface area (Å²) in [6.07, 6.45) is 7.27. The molecule has 2 heterocycles. The van der Waals surface area contributed by atoms with E-state index in [9.17, 15) is 0 Å². The van der Waals surface area contributed by atoms with Crippen LogP contribution >= 0.6 is 0 Å². The molecule has 1 fully saturated rings. The molecular formula is C14H25N3O. The Labute approximate surface area is 110 Å². The lowest BCUT2D eigenvalue weighted by Gasteiger charge is -2.30. The van der Waals surface area contributed by atoms with Crippen molar-refractivity contribution in [3.63, 3.8) is 0 Å². The summed E-state index contributed by atoms with van der Waals surface area (Å²) in [6.45, 7) is 6.58. The largest absolute Gasteiger partial charge is 0.449 e. The summed E-state index contributed by atoms with van der Waals surface area (Å²) in [5, 5.41) is 0. The second-order valence-corrected chi connectivity index (χ2v) is 5.21. The second kappa shape index (κ2) is 6.90. The number of piperidine rings is 1. The summed E-state index contributed by atoms with van der Waals surface area (Å²) in [5.74, 6) is 1.66. The highest BCUT2D eigenvalue weighted by molar-refractivity contribution is 4.98. The summed E-state index contributed by atoms with van der Waals surface area (Å²) in [4.78, 5) is 7.06. The minimum absolute atomic E-state index is 0.720. The number of hydrogen-bond acceptors (Lipinski definition) is 4. The SMILES string of the molecule is CCN1CCC(Cc2nc(CCCN)co2)CC1. The van der Waals surface area contributed by atoms with Gasteiger partial charge in [-0.1, -0.05) is 6.92 Å². The lowest BCUT2D eigenvalue weighted by atomic mass is 9.93. The third-order valence-electron chi connectivity index (χ3n) is 3.85. The summed E-state index contributed by atoms with van der Waals surface area (Å²) >= 11 is 0. The van der Waals surface area contributed by atoms with Crippen LogP contribution in [0, 0.1) is 5.92 Å². The van der Waals surface area contributed by atoms with Gasteiger partial charge in [0.25, 0.3) is 0 Å². The molecule has 1 aromatic rings. The van der Waals surface area contributed by atoms with E-state index in [1.54, 1.807) is 6.26 Å². The van der Waals surface area contributed by atoms with E-state index in [1.807, 2.05) is 0 Å². The van der Waals surface area contributed by atoms with Gasteiger partial charge in [0.1, 0.15) is 6.26 Å². The number of oxazole rings is 1. The molecule has 1 aromatic heterocycles. The van der Waals surface area contributed by atoms with Crippen molar-refractivity contribution in [1.29, 1.82) is 0 Å². The highest BCUT2D eigenvalue weighted by atomic mass is 16.3. The van der Waals surface area contributed by atoms with Gasteiger partial charge >= 0.3 is 0 Å². The maximum absolute atomic E-state index is 5.55. The fourth-order valence-electron chi connectivity index (χ4n) is 2.59. The van der Waals surface area contributed by atoms with Gasteiger partial charge in [0.2, 0.25) is 0 Å². The molecule has 0 amide bonds. The zero-order valence-electron chi connectivity index (χ0n) is 11.4. The Morgan fingerprint density at radius 2 is 2.22 bits per heavy atom. The molecule has 1 aliphatic heterocycles. The van der Waals surface area contributed by atoms with Gasteiger partial charge in [-0.05, 0) is 57.8 Å². The minimum Gasteiger partial charge on any atom is -0.449 e. The van der Waals surface area contributed by atoms with Crippen LogP contribution in [-0.2, 0) is 12.8 Å². The van der Waals surface area contributed by atoms with Gasteiger partial charge in [-0.3, -0.25) is 0 Å². The fraction of sp³-hybridized carbons (Fsp3) is 0.786. The smallest absolute Gasteiger partial charge is 0.194 e. The molecule has 2 N–H and O–H groups in total. The Bertz CT molecular complexity index is 343. The number of aryl methyl sites for hydroxylation is 1. The molecule has 0 radical (unpaired) electrons. The third-order valence-corrected chi connectivity index (χ3v) is 3.85. The van der Waals surface area contributed by atoms with E-state index < -0.39 is 0 Å². The van der Waals surface area contributed by atoms with Crippen LogP contribution in [-0.4, -0.2) is 36.1 Å². The standard InChI is InChI=1S/C14H25N3O/c1-2-17-8-5-12(6-9-17)10-14-16-13(11-18-14)4-3-7-15/h11-12H,2-10,15H2,1H3. The van der Waals surface area contributed by atoms with Crippen LogP contribution in [0.1, 0.15) is 37.8 Å². The second-order valence-electron chi connectivity index (χ2n) is 5.21. The Morgan fingerprint density at radius 1 is 1.44 bits per heavy atom. The van der Waals surface area contributed by atoms with Gasteiger partial charge in [-0.2, -0.15) is 0 Å². The predicted molar refractivity (Wildman–Crippen MR) is 72.4 cm³/mol. The molecule has 0 bridgehead atoms. The first-order chi connectivity index (χ1) is 8.81. The van der Waals surface area contributed by atoms with Crippen molar-refractivity contribution in [3.05, 3.63) is 17.8 Å². The molecule has 1 aliphatic rings. The molecule has 4 nitrogen and oxygen atoms in total. The maximum Gasteiger partial charge on any atom is 0.194 e. The molecule has 0 unspecified atom stereocenters. The highest BCUT2D eigenvalue weighted by Crippen LogP contribution is 2.21. The molecule has 0 atom stereocenters. The van der Waals surface area contributed by atoms with Crippen molar-refractivity contribution in [2.45, 2.75) is 39.0 Å². The summed E-state index contributed by atoms with van der Waals surface area (Å²) in [7, 11) is 0. The molecule has 102 valence electrons. The van der Waals surface area contributed by atoms with Crippen molar-refractivity contribution < 1.29 is 4.42 Å². The van der Waals surface area contributed by atoms with Gasteiger partial charge < -0.3 is 15.1 Å². The molecule has 0 aliphatic carbocycles. The Morgan fingerprint density at radius 3 is 2.89 bits per heavy atom. The molecule has 4 heteroatoms. The normalized spacial score (nSPS) is 18.3. The molecular weight excluding hydrogens is 226 g/mol. The number of nitrogens with two attached hydrogens (primary N) is 1. The van der Waals surface area contributed by atoms with Crippen molar-refractivity contribution in [3.8, 4) is 0 Å². The maximum atomic E-state index is 5.55. The molecule has 2 rings (SSSR count). The monoisotopic (exact) mass is 251 g/mol. The number of likely N-dealkylation sites (tertiary alicyclic amines) is 1. The lowest BCUT2D eigenvalue weighted by molar-refractivity contribution is 0.187. The van der Waals surface area contributed by atoms with Gasteiger partial charge in [0, 0.05) is 6.42 Å². The van der Waals surface area contributed by atoms with Crippen LogP contribution in [0.2, 0.25) is 0 Å². The van der Waals surface area contributed by atoms with Crippen molar-refractivity contribution >= 4 is 0 Å². The number of rotatable bonds is 6. The van der Waals surface area contributed by atoms with Crippen LogP contribution in [0.3, 0.4) is 0 Å². The Kier molecular flexibility index (Phi) is 5.20. The van der Waals surface area contributed by atoms with E-state index in [0.29, 0.717) is 0 Å². The highest BCUT2D eigenvalue weighted by Gasteiger charge is 2.20. The van der Waals surface area contributed by atoms with Crippen molar-refractivity contribution in [2.24, 2.45) is 11.7 Å². The first-order valence-electron chi connectivity index (χ1n) is 7.17. The molecule has 0 spiro atoms. The van der Waals surface area contributed by atoms with E-state index in [4.69, 9.17) is 10.2 Å². The zero-order valence-corrected chi connectivity index (χ0v) is 11.4. The zero-order chi connectivity index (χ0) is 12.8. The van der Waals surface area contributed by atoms with Crippen molar-refractivity contribution in [2.75, 3.05) is 26.2 Å². The molecule has 18 heavy (non-hydrogen) atoms. The first kappa shape index (κ1) is 13.6. The van der Waals surface area contributed by atoms with Crippen LogP contribution in [0.25, 0.3) is 0 Å². The number of aromatic nitrogens is 1. The number of hydrogen-bond donors (Lipinski definition) is 1. The average Bonchev–Trinajstić information content (AvgIpc) is 2.85. The lowest BCUT2D eigenvalue weighted by Crippen LogP contribution is -2.34. The van der Waals surface area contributed by atoms with Gasteiger partial charge in [0.15, 0.2) is 5.89 Å². The quantitative estimate of drug-likeness (QED) is 0.838. The number of nitrogens with zero attached hydrogens (tertiary/aromatic N) is 2. The fourth-order valence-corrected chi connectivity index (χ4v) is 2.59. The van der Waals surface area contributed by atoms with Crippen LogP contribution in [0.15, 0.2) is 10.7 Å². The van der Waals surface area contributed by atoms with E-state index in [1.165, 1.54) is 32.5 Å². The van der Waals surface area contributed by atoms with Crippen LogP contribution in [0.5, 0.6) is 0 Å². The van der Waals surface area contributed by atoms with Gasteiger partial charge in [-0.25, -0.2) is 4.98 Å². The minimum atomic E-state index is 0.720. The third kappa shape index (κ3) is 3.82. The first-order valence-corrected chi connectivity index (χ1v) is 7.17. The molecule has 0 aromatic carbocycles. The Balaban J connectivity index is 1.77. The van der Waals surface area contributed by atoms with E-state index >= 15 is 0 Å². The topological polar surface area (TPSA) is 55.3 Å². The summed E-state index contributed by atoms with van der Waals surface area (Å²) in [6, 6.07) is 0. The van der Waals surface area contributed by atoms with E-state index in [2.05, 4.69) is 16.8 Å². The van der Waals surface area contributed by atoms with Gasteiger partial charge in [0.05, 0.1) is 5.69 Å². The van der Waals surface area contributed by atoms with E-state index in [0.717, 1.165) is 43.3 Å². The van der Waals surface area contributed by atoms with Gasteiger partial charge in [-0.15, -0.1) is 0 Å². The van der Waals surface area contributed by atoms with Crippen LogP contribution in [0.4, 0.5) is 0 Å². The Hall–Kier alpha value is -0.870. The summed E-state index contributed by atoms with van der Waals surface area (Å²) < 4.78 is 5.55. The summed E-state index contributed by atoms with van der Waals surface area (Å²) in [5.41, 5.74) is 6.55. The average molecular weight is 251 g/mol. The molecule has 0 saturated carbocycles. The van der Waals surface area contributed by atoms with E-state index in [-0.39, 0.29) is 0 Å². The van der Waals surface area contributed by atoms with Crippen molar-refractivity contribution in [1.82, 2.24) is 9.88 Å². The molecule has 1 saturated heterocycles.